The fourth-order valence-electron chi connectivity index (χ4n) is 22.2. The lowest BCUT2D eigenvalue weighted by atomic mass is 9.77. The molecule has 6 N–H and O–H groups in total. The molecule has 0 spiro atoms. The maximum Gasteiger partial charge on any atom is 0.332 e. The van der Waals surface area contributed by atoms with Crippen molar-refractivity contribution in [1.29, 1.82) is 0 Å². The summed E-state index contributed by atoms with van der Waals surface area (Å²) >= 11 is 0. The molecule has 3 amide bonds. The number of ketones is 3. The van der Waals surface area contributed by atoms with Crippen LogP contribution in [0.3, 0.4) is 0 Å². The summed E-state index contributed by atoms with van der Waals surface area (Å²) in [5, 5.41) is 0.761. The summed E-state index contributed by atoms with van der Waals surface area (Å²) in [7, 11) is -8.87. The second kappa shape index (κ2) is 43.3. The predicted molar refractivity (Wildman–Crippen MR) is 529 cm³/mol. The third-order valence-corrected chi connectivity index (χ3v) is 36.9. The highest BCUT2D eigenvalue weighted by Gasteiger charge is 2.69. The van der Waals surface area contributed by atoms with Crippen LogP contribution in [-0.4, -0.2) is 225 Å². The van der Waals surface area contributed by atoms with Crippen molar-refractivity contribution in [2.75, 3.05) is 60.8 Å². The number of pyridine rings is 3. The Morgan fingerprint density at radius 3 is 1.08 bits per heavy atom. The minimum atomic E-state index is -4.60. The van der Waals surface area contributed by atoms with Gasteiger partial charge >= 0.3 is 40.7 Å². The minimum absolute atomic E-state index is 0.0606. The van der Waals surface area contributed by atoms with E-state index in [-0.39, 0.29) is 163 Å². The number of rotatable bonds is 18. The van der Waals surface area contributed by atoms with E-state index in [0.29, 0.717) is 43.3 Å². The number of aryl methyl sites for hydroxylation is 3. The maximum absolute atomic E-state index is 14.5. The number of methoxy groups -OCH3 is 3. The molecular formula is C105H147N6O27P3. The van der Waals surface area contributed by atoms with Crippen molar-refractivity contribution >= 4 is 108 Å². The first-order chi connectivity index (χ1) is 66.1. The van der Waals surface area contributed by atoms with Gasteiger partial charge in [0.05, 0.1) is 131 Å². The molecule has 12 bridgehead atoms. The fraction of sp³-hybridized carbons (Fsp3) is 0.657. The highest BCUT2D eigenvalue weighted by molar-refractivity contribution is 7.54. The molecule has 3 aromatic carbocycles. The van der Waals surface area contributed by atoms with Gasteiger partial charge < -0.3 is 86.7 Å². The Kier molecular flexibility index (Phi) is 33.6. The van der Waals surface area contributed by atoms with Gasteiger partial charge in [0.2, 0.25) is 35.4 Å². The van der Waals surface area contributed by atoms with Crippen molar-refractivity contribution in [3.05, 3.63) is 89.9 Å². The van der Waals surface area contributed by atoms with Crippen LogP contribution in [0.4, 0.5) is 0 Å². The van der Waals surface area contributed by atoms with Crippen molar-refractivity contribution in [3.8, 4) is 34.9 Å². The molecule has 9 aliphatic rings. The number of ether oxygens (including phenoxy) is 9. The predicted octanol–water partition coefficient (Wildman–Crippen LogP) is 16.5. The minimum Gasteiger partial charge on any atom is -0.496 e. The van der Waals surface area contributed by atoms with Crippen LogP contribution >= 0.6 is 22.8 Å². The summed E-state index contributed by atoms with van der Waals surface area (Å²) in [4.78, 5) is 204. The summed E-state index contributed by atoms with van der Waals surface area (Å²) in [6, 6.07) is 14.6. The van der Waals surface area contributed by atoms with E-state index in [1.54, 1.807) is 39.9 Å². The summed E-state index contributed by atoms with van der Waals surface area (Å²) in [6.45, 7) is 29.5. The molecule has 16 atom stereocenters. The lowest BCUT2D eigenvalue weighted by Crippen LogP contribution is -2.48. The van der Waals surface area contributed by atoms with E-state index < -0.39 is 144 Å². The molecule has 774 valence electrons. The van der Waals surface area contributed by atoms with Crippen LogP contribution in [0.25, 0.3) is 32.3 Å². The summed E-state index contributed by atoms with van der Waals surface area (Å²) in [6.07, 6.45) is 12.4. The number of aromatic nitrogens is 3. The van der Waals surface area contributed by atoms with Crippen LogP contribution in [0.1, 0.15) is 262 Å². The first-order valence-electron chi connectivity index (χ1n) is 50.1. The zero-order chi connectivity index (χ0) is 103. The Hall–Kier alpha value is -9.03. The Balaban J connectivity index is 0.000000178. The molecule has 6 aliphatic heterocycles. The number of nitrogens with zero attached hydrogens (tertiary/aromatic N) is 6. The Morgan fingerprint density at radius 1 is 0.447 bits per heavy atom. The van der Waals surface area contributed by atoms with Crippen LogP contribution in [0.2, 0.25) is 0 Å². The largest absolute Gasteiger partial charge is 0.496 e. The van der Waals surface area contributed by atoms with Gasteiger partial charge in [-0.3, -0.25) is 56.8 Å². The van der Waals surface area contributed by atoms with Crippen molar-refractivity contribution in [1.82, 2.24) is 29.7 Å². The zero-order valence-corrected chi connectivity index (χ0v) is 87.8. The van der Waals surface area contributed by atoms with E-state index in [0.717, 1.165) is 124 Å². The molecule has 141 heavy (non-hydrogen) atoms. The molecule has 3 aliphatic carbocycles. The average molecular weight is 2020 g/mol. The summed E-state index contributed by atoms with van der Waals surface area (Å²) < 4.78 is 91.4. The van der Waals surface area contributed by atoms with Gasteiger partial charge in [-0.05, 0) is 216 Å². The zero-order valence-electron chi connectivity index (χ0n) is 85.1. The normalized spacial score (nSPS) is 28.5. The molecule has 6 unspecified atom stereocenters. The van der Waals surface area contributed by atoms with E-state index in [1.807, 2.05) is 158 Å². The third kappa shape index (κ3) is 24.7. The van der Waals surface area contributed by atoms with Gasteiger partial charge in [-0.1, -0.05) is 123 Å². The number of esters is 3. The molecule has 36 heteroatoms. The molecule has 15 rings (SSSR count). The quantitative estimate of drug-likeness (QED) is 0.0264. The standard InChI is InChI=1S/C36H51N2O9P.C35H49N2O9P.C34H47N2O9P/c1-8-24-18-36(24,48(42,43)44)19-29(39)28-16-25-20-38(28)33(41)27(34(2,3)4)17-31(40)46-21-35(5,6)12-9-10-23-14-26-22(15-30(23)45-7)11-13-37-32(26)47-25;1-7-24-17-35(24,47(41,42)43)18-29(38)28-15-25-19-37(28)33(40)27(34(3,4)5)16-31(39)45-20-21(2)9-8-10-23-13-26-22(14-30(23)44-6)11-12-36-32(26)46-25;1-6-23-18-34(23,46(40,41)42)19-28(37)27-16-24-20-36(27)32(39)26(33(2,3)4)17-30(38)44-13-9-7-8-10-22-14-25-21(15-29(22)43-5)11-12-35-31(25)45-24/h11,13-15,24-25,27-28H,8-10,12,16-21H2,1-7H3,(H2,42,43,44);11-14,21,24-25,27-28H,7-10,15-20H2,1-6H3,(H2,41,42,43);11-12,14-15,23-24,26-27H,6-10,13,16-20H2,1-5H3,(H2,40,41,42)/t24?,25-,27-,28+,36?;21-,24?,25+,27+,28-,35?;23?,24-,26-,27+,34?/m101/s1. The third-order valence-electron chi connectivity index (χ3n) is 31.3. The molecular weight excluding hydrogens is 1870 g/mol. The van der Waals surface area contributed by atoms with Gasteiger partial charge in [-0.15, -0.1) is 0 Å². The number of fused-ring (bicyclic) bond motifs is 9. The fourth-order valence-corrected chi connectivity index (χ4v) is 26.7. The first kappa shape index (κ1) is 109. The Labute approximate surface area is 827 Å². The first-order valence-corrected chi connectivity index (χ1v) is 55.0. The van der Waals surface area contributed by atoms with Gasteiger partial charge in [0.25, 0.3) is 0 Å². The Morgan fingerprint density at radius 2 is 0.766 bits per heavy atom. The number of carbonyl (C=O) groups excluding carboxylic acids is 9. The van der Waals surface area contributed by atoms with Crippen molar-refractivity contribution < 1.29 is 129 Å². The second-order valence-corrected chi connectivity index (χ2v) is 50.9. The molecule has 0 radical (unpaired) electrons. The molecule has 6 aromatic rings. The maximum atomic E-state index is 14.5. The molecule has 3 aromatic heterocycles. The van der Waals surface area contributed by atoms with Gasteiger partial charge in [0.1, 0.15) is 35.6 Å². The van der Waals surface area contributed by atoms with Gasteiger partial charge in [0.15, 0.2) is 17.3 Å². The Bertz CT molecular complexity index is 5810. The number of hydrogen-bond acceptors (Lipinski definition) is 24. The lowest BCUT2D eigenvalue weighted by Gasteiger charge is -2.35. The number of amides is 3. The number of hydrogen-bond donors (Lipinski definition) is 6. The highest BCUT2D eigenvalue weighted by Crippen LogP contribution is 2.74. The van der Waals surface area contributed by atoms with E-state index in [4.69, 9.17) is 42.6 Å². The van der Waals surface area contributed by atoms with Crippen LogP contribution in [0, 0.1) is 63.1 Å². The molecule has 3 saturated heterocycles. The highest BCUT2D eigenvalue weighted by atomic mass is 31.2. The summed E-state index contributed by atoms with van der Waals surface area (Å²) in [5.74, 6) is -3.45. The van der Waals surface area contributed by atoms with Gasteiger partial charge in [-0.2, -0.15) is 0 Å². The lowest BCUT2D eigenvalue weighted by molar-refractivity contribution is -0.155. The average Bonchev–Trinajstić information content (AvgIpc) is 1.57. The smallest absolute Gasteiger partial charge is 0.332 e. The van der Waals surface area contributed by atoms with Crippen LogP contribution in [-0.2, 0) is 90.3 Å². The number of benzene rings is 3. The van der Waals surface area contributed by atoms with E-state index in [1.165, 1.54) is 14.7 Å². The van der Waals surface area contributed by atoms with Gasteiger partial charge in [-0.25, -0.2) is 15.0 Å². The van der Waals surface area contributed by atoms with Crippen molar-refractivity contribution in [2.45, 2.75) is 316 Å². The number of carbonyl (C=O) groups is 9. The van der Waals surface area contributed by atoms with Crippen molar-refractivity contribution in [2.24, 2.45) is 63.1 Å². The molecule has 3 saturated carbocycles. The SMILES string of the molecule is CCC1CC1(CC(=O)[C@@H]1C[C@@H]2CN1C(=O)[C@H](C(C)(C)C)CC(=O)OCC(C)(C)CCCc1cc3c(nccc3cc1OC)O2)P(=O)(O)O.CCC1CC1(CC(=O)[C@@H]1C[C@@H]2CN1C(=O)[C@H](C(C)(C)C)CC(=O)OCCCCCc1cc3c(nccc3cc1OC)O2)P(=O)(O)O.CCC1CC1(CC(=O)[C@@H]1C[C@@H]2CN1C(=O)[C@H](C(C)(C)C)CC(=O)OC[C@@H](C)CCCc1cc3c(nccc3cc1OC)O2)P(=O)(O)O. The van der Waals surface area contributed by atoms with E-state index in [9.17, 15) is 86.2 Å². The van der Waals surface area contributed by atoms with E-state index in [2.05, 4.69) is 15.0 Å². The van der Waals surface area contributed by atoms with Crippen LogP contribution in [0.15, 0.2) is 73.2 Å². The van der Waals surface area contributed by atoms with E-state index >= 15 is 0 Å². The molecule has 9 heterocycles. The monoisotopic (exact) mass is 2020 g/mol. The summed E-state index contributed by atoms with van der Waals surface area (Å²) in [5.41, 5.74) is 0.737. The van der Waals surface area contributed by atoms with Crippen LogP contribution < -0.4 is 28.4 Å². The van der Waals surface area contributed by atoms with Gasteiger partial charge in [0, 0.05) is 73.3 Å². The number of Topliss-reactive ketones (excluding diaryl/α,β-unsaturated/α-hetero) is 3. The number of cyclic esters (lactones) is 3. The second-order valence-electron chi connectivity index (χ2n) is 45.0. The topological polar surface area (TPSA) is 458 Å². The van der Waals surface area contributed by atoms with Crippen molar-refractivity contribution in [3.63, 3.8) is 0 Å². The van der Waals surface area contributed by atoms with Crippen LogP contribution in [0.5, 0.6) is 34.9 Å². The molecule has 33 nitrogen and oxygen atoms in total. The molecule has 6 fully saturated rings.